The van der Waals surface area contributed by atoms with Gasteiger partial charge in [0.25, 0.3) is 0 Å². The molecule has 0 spiro atoms. The van der Waals surface area contributed by atoms with Gasteiger partial charge in [-0.05, 0) is 42.6 Å². The average Bonchev–Trinajstić information content (AvgIpc) is 3.31. The van der Waals surface area contributed by atoms with Crippen LogP contribution in [0.4, 0.5) is 4.39 Å². The predicted octanol–water partition coefficient (Wildman–Crippen LogP) is 3.40. The van der Waals surface area contributed by atoms with E-state index in [0.29, 0.717) is 19.3 Å². The zero-order valence-corrected chi connectivity index (χ0v) is 19.2. The van der Waals surface area contributed by atoms with Crippen LogP contribution in [0.2, 0.25) is 0 Å². The third-order valence-electron chi connectivity index (χ3n) is 8.08. The molecule has 33 heavy (non-hydrogen) atoms. The zero-order valence-electron chi connectivity index (χ0n) is 19.2. The van der Waals surface area contributed by atoms with Crippen molar-refractivity contribution in [1.29, 1.82) is 0 Å². The monoisotopic (exact) mass is 466 g/mol. The second-order valence-electron chi connectivity index (χ2n) is 9.81. The first kappa shape index (κ1) is 23.9. The van der Waals surface area contributed by atoms with Crippen LogP contribution >= 0.6 is 0 Å². The summed E-state index contributed by atoms with van der Waals surface area (Å²) in [4.78, 5) is 39.8. The summed E-state index contributed by atoms with van der Waals surface area (Å²) in [5.41, 5.74) is -0.723. The van der Waals surface area contributed by atoms with E-state index in [0.717, 1.165) is 5.56 Å². The molecule has 1 aromatic heterocycles. The summed E-state index contributed by atoms with van der Waals surface area (Å²) >= 11 is 0. The largest absolute Gasteiger partial charge is 0.472 e. The van der Waals surface area contributed by atoms with Crippen LogP contribution in [0.1, 0.15) is 51.2 Å². The van der Waals surface area contributed by atoms with Crippen molar-refractivity contribution >= 4 is 17.7 Å². The van der Waals surface area contributed by atoms with Crippen molar-refractivity contribution in [3.63, 3.8) is 0 Å². The van der Waals surface area contributed by atoms with E-state index in [9.17, 15) is 18.8 Å². The zero-order chi connectivity index (χ0) is 23.8. The number of hydrogen-bond donors (Lipinski definition) is 0. The molecule has 4 rings (SSSR count). The lowest BCUT2D eigenvalue weighted by Gasteiger charge is -2.61. The van der Waals surface area contributed by atoms with Crippen molar-refractivity contribution in [2.75, 3.05) is 27.2 Å². The summed E-state index contributed by atoms with van der Waals surface area (Å²) in [6.45, 7) is 2.84. The summed E-state index contributed by atoms with van der Waals surface area (Å²) in [5, 5.41) is 0. The Balaban J connectivity index is 1.71. The molecule has 182 valence electrons. The van der Waals surface area contributed by atoms with Crippen molar-refractivity contribution in [1.82, 2.24) is 0 Å². The lowest BCUT2D eigenvalue weighted by Crippen LogP contribution is -2.64. The van der Waals surface area contributed by atoms with Gasteiger partial charge in [0.05, 0.1) is 38.1 Å². The maximum Gasteiger partial charge on any atom is 0.310 e. The van der Waals surface area contributed by atoms with Crippen LogP contribution in [0.3, 0.4) is 0 Å². The molecule has 2 saturated carbocycles. The molecule has 0 amide bonds. The normalized spacial score (nSPS) is 38.2. The number of methoxy groups -OCH3 is 1. The lowest BCUT2D eigenvalue weighted by atomic mass is 9.43. The van der Waals surface area contributed by atoms with E-state index >= 15 is 0 Å². The summed E-state index contributed by atoms with van der Waals surface area (Å²) in [6, 6.07) is 1.75. The van der Waals surface area contributed by atoms with Gasteiger partial charge in [0.15, 0.2) is 5.78 Å². The van der Waals surface area contributed by atoms with Gasteiger partial charge in [-0.15, -0.1) is 0 Å². The SMILES string of the molecule is COC(=O)C1CC(OCOCCF)C(=O)C2C1(C)CCC1C(=O)OC(c3ccoc3)CC12C. The second kappa shape index (κ2) is 9.18. The molecule has 9 heteroatoms. The molecule has 8 nitrogen and oxygen atoms in total. The van der Waals surface area contributed by atoms with Gasteiger partial charge in [0.1, 0.15) is 25.7 Å². The first-order valence-electron chi connectivity index (χ1n) is 11.4. The minimum atomic E-state index is -0.910. The van der Waals surface area contributed by atoms with Gasteiger partial charge in [-0.25, -0.2) is 4.39 Å². The molecular weight excluding hydrogens is 435 g/mol. The summed E-state index contributed by atoms with van der Waals surface area (Å²) in [5.74, 6) is -2.58. The van der Waals surface area contributed by atoms with Crippen LogP contribution in [-0.2, 0) is 33.3 Å². The Bertz CT molecular complexity index is 885. The fraction of sp³-hybridized carbons (Fsp3) is 0.708. The predicted molar refractivity (Wildman–Crippen MR) is 111 cm³/mol. The van der Waals surface area contributed by atoms with Crippen molar-refractivity contribution < 1.29 is 42.1 Å². The molecule has 0 radical (unpaired) electrons. The number of halogens is 1. The summed E-state index contributed by atoms with van der Waals surface area (Å²) < 4.78 is 39.2. The number of esters is 2. The molecule has 0 bridgehead atoms. The van der Waals surface area contributed by atoms with Gasteiger partial charge in [-0.3, -0.25) is 14.4 Å². The number of ether oxygens (including phenoxy) is 4. The van der Waals surface area contributed by atoms with E-state index in [1.165, 1.54) is 19.6 Å². The third-order valence-corrected chi connectivity index (χ3v) is 8.08. The Morgan fingerprint density at radius 2 is 2.06 bits per heavy atom. The first-order valence-corrected chi connectivity index (χ1v) is 11.4. The smallest absolute Gasteiger partial charge is 0.310 e. The van der Waals surface area contributed by atoms with Crippen molar-refractivity contribution in [2.45, 2.75) is 51.7 Å². The number of fused-ring (bicyclic) bond motifs is 3. The summed E-state index contributed by atoms with van der Waals surface area (Å²) in [7, 11) is 1.33. The standard InChI is InChI=1S/C24H31FO8/c1-23-6-4-15-22(28)33-18(14-5-8-30-12-14)11-24(15,2)20(23)19(26)17(32-13-31-9-7-25)10-16(23)21(27)29-3/h5,8,12,15-18,20H,4,6-7,9-11,13H2,1-3H3. The van der Waals surface area contributed by atoms with Crippen LogP contribution in [0.25, 0.3) is 0 Å². The van der Waals surface area contributed by atoms with E-state index in [1.807, 2.05) is 13.8 Å². The Labute approximate surface area is 192 Å². The highest BCUT2D eigenvalue weighted by Crippen LogP contribution is 2.65. The maximum absolute atomic E-state index is 13.9. The molecule has 1 aromatic rings. The number of carbonyl (C=O) groups is 3. The van der Waals surface area contributed by atoms with Gasteiger partial charge in [-0.1, -0.05) is 13.8 Å². The van der Waals surface area contributed by atoms with Gasteiger partial charge >= 0.3 is 11.9 Å². The quantitative estimate of drug-likeness (QED) is 0.342. The molecule has 7 unspecified atom stereocenters. The average molecular weight is 467 g/mol. The van der Waals surface area contributed by atoms with Gasteiger partial charge in [0.2, 0.25) is 0 Å². The number of carbonyl (C=O) groups excluding carboxylic acids is 3. The number of cyclic esters (lactones) is 1. The first-order chi connectivity index (χ1) is 15.8. The van der Waals surface area contributed by atoms with E-state index in [2.05, 4.69) is 0 Å². The van der Waals surface area contributed by atoms with E-state index in [1.54, 1.807) is 6.07 Å². The second-order valence-corrected chi connectivity index (χ2v) is 9.81. The Morgan fingerprint density at radius 3 is 2.73 bits per heavy atom. The Morgan fingerprint density at radius 1 is 1.27 bits per heavy atom. The number of ketones is 1. The minimum absolute atomic E-state index is 0.138. The minimum Gasteiger partial charge on any atom is -0.472 e. The fourth-order valence-corrected chi connectivity index (χ4v) is 6.55. The van der Waals surface area contributed by atoms with Crippen molar-refractivity contribution in [3.8, 4) is 0 Å². The molecule has 3 fully saturated rings. The van der Waals surface area contributed by atoms with Crippen LogP contribution in [0.5, 0.6) is 0 Å². The molecule has 1 aliphatic heterocycles. The van der Waals surface area contributed by atoms with Crippen LogP contribution < -0.4 is 0 Å². The number of alkyl halides is 1. The maximum atomic E-state index is 13.9. The molecule has 0 aromatic carbocycles. The van der Waals surface area contributed by atoms with Gasteiger partial charge in [-0.2, -0.15) is 0 Å². The Kier molecular flexibility index (Phi) is 6.64. The molecule has 7 atom stereocenters. The topological polar surface area (TPSA) is 101 Å². The highest BCUT2D eigenvalue weighted by Gasteiger charge is 2.67. The number of Topliss-reactive ketones (excluding diaryl/α,β-unsaturated/α-hetero) is 1. The number of hydrogen-bond acceptors (Lipinski definition) is 8. The van der Waals surface area contributed by atoms with Crippen LogP contribution in [0, 0.1) is 28.6 Å². The van der Waals surface area contributed by atoms with E-state index < -0.39 is 53.4 Å². The van der Waals surface area contributed by atoms with Crippen LogP contribution in [-0.4, -0.2) is 51.0 Å². The van der Waals surface area contributed by atoms with E-state index in [-0.39, 0.29) is 31.6 Å². The third kappa shape index (κ3) is 3.99. The molecular formula is C24H31FO8. The van der Waals surface area contributed by atoms with Crippen LogP contribution in [0.15, 0.2) is 23.0 Å². The van der Waals surface area contributed by atoms with E-state index in [4.69, 9.17) is 23.4 Å². The molecule has 0 N–H and O–H groups in total. The van der Waals surface area contributed by atoms with Crippen molar-refractivity contribution in [3.05, 3.63) is 24.2 Å². The molecule has 1 saturated heterocycles. The molecule has 2 heterocycles. The highest BCUT2D eigenvalue weighted by atomic mass is 19.1. The Hall–Kier alpha value is -2.26. The number of furan rings is 1. The van der Waals surface area contributed by atoms with Gasteiger partial charge in [0, 0.05) is 11.5 Å². The number of rotatable bonds is 7. The van der Waals surface area contributed by atoms with Crippen molar-refractivity contribution in [2.24, 2.45) is 28.6 Å². The summed E-state index contributed by atoms with van der Waals surface area (Å²) in [6.07, 6.45) is 3.22. The fourth-order valence-electron chi connectivity index (χ4n) is 6.55. The highest BCUT2D eigenvalue weighted by molar-refractivity contribution is 5.92. The lowest BCUT2D eigenvalue weighted by molar-refractivity contribution is -0.213. The van der Waals surface area contributed by atoms with Gasteiger partial charge < -0.3 is 23.4 Å². The molecule has 3 aliphatic rings. The molecule has 2 aliphatic carbocycles.